The number of ether oxygens (including phenoxy) is 2. The van der Waals surface area contributed by atoms with Gasteiger partial charge >= 0.3 is 5.97 Å². The van der Waals surface area contributed by atoms with Crippen LogP contribution in [-0.4, -0.2) is 48.3 Å². The summed E-state index contributed by atoms with van der Waals surface area (Å²) in [4.78, 5) is 18.0. The minimum absolute atomic E-state index is 0.0602. The summed E-state index contributed by atoms with van der Waals surface area (Å²) in [6, 6.07) is 7.86. The van der Waals surface area contributed by atoms with E-state index in [4.69, 9.17) is 9.47 Å². The van der Waals surface area contributed by atoms with Crippen LogP contribution in [0.3, 0.4) is 0 Å². The maximum Gasteiger partial charge on any atom is 0.307 e. The van der Waals surface area contributed by atoms with Crippen LogP contribution in [0.5, 0.6) is 11.5 Å². The van der Waals surface area contributed by atoms with Crippen LogP contribution < -0.4 is 9.47 Å². The van der Waals surface area contributed by atoms with Crippen molar-refractivity contribution in [2.45, 2.75) is 25.8 Å². The van der Waals surface area contributed by atoms with Crippen LogP contribution in [0.4, 0.5) is 0 Å². The first-order valence-electron chi connectivity index (χ1n) is 9.14. The van der Waals surface area contributed by atoms with E-state index in [0.29, 0.717) is 18.0 Å². The Morgan fingerprint density at radius 2 is 2.04 bits per heavy atom. The van der Waals surface area contributed by atoms with Gasteiger partial charge in [0.1, 0.15) is 0 Å². The number of aromatic nitrogens is 1. The van der Waals surface area contributed by atoms with Gasteiger partial charge in [0.2, 0.25) is 0 Å². The van der Waals surface area contributed by atoms with Crippen LogP contribution in [0.2, 0.25) is 0 Å². The topological polar surface area (TPSA) is 71.9 Å². The van der Waals surface area contributed by atoms with E-state index in [1.54, 1.807) is 20.4 Å². The predicted octanol–water partition coefficient (Wildman–Crippen LogP) is 3.29. The van der Waals surface area contributed by atoms with Crippen molar-refractivity contribution in [3.63, 3.8) is 0 Å². The van der Waals surface area contributed by atoms with Crippen molar-refractivity contribution in [3.8, 4) is 11.5 Å². The Kier molecular flexibility index (Phi) is 5.96. The number of carboxylic acid groups (broad SMARTS) is 1. The summed E-state index contributed by atoms with van der Waals surface area (Å²) in [6.45, 7) is 3.41. The molecule has 1 fully saturated rings. The highest BCUT2D eigenvalue weighted by molar-refractivity contribution is 5.70. The molecule has 0 spiro atoms. The van der Waals surface area contributed by atoms with Gasteiger partial charge in [-0.1, -0.05) is 6.07 Å². The molecule has 1 aromatic heterocycles. The second-order valence-electron chi connectivity index (χ2n) is 6.92. The molecule has 0 radical (unpaired) electrons. The molecule has 0 amide bonds. The number of benzene rings is 1. The zero-order valence-corrected chi connectivity index (χ0v) is 16.0. The lowest BCUT2D eigenvalue weighted by atomic mass is 9.90. The minimum atomic E-state index is -0.725. The van der Waals surface area contributed by atoms with Gasteiger partial charge in [0.05, 0.1) is 26.2 Å². The van der Waals surface area contributed by atoms with Gasteiger partial charge in [-0.05, 0) is 61.2 Å². The minimum Gasteiger partial charge on any atom is -0.493 e. The number of nitrogens with zero attached hydrogens (tertiary/aromatic N) is 2. The number of rotatable bonds is 6. The third kappa shape index (κ3) is 4.06. The van der Waals surface area contributed by atoms with E-state index in [1.807, 2.05) is 37.4 Å². The number of likely N-dealkylation sites (tertiary alicyclic amines) is 1. The number of aryl methyl sites for hydroxylation is 1. The zero-order valence-electron chi connectivity index (χ0n) is 16.0. The summed E-state index contributed by atoms with van der Waals surface area (Å²) < 4.78 is 10.9. The molecule has 3 rings (SSSR count). The fourth-order valence-electron chi connectivity index (χ4n) is 3.84. The average Bonchev–Trinajstić information content (AvgIpc) is 2.69. The third-order valence-electron chi connectivity index (χ3n) is 5.25. The van der Waals surface area contributed by atoms with Crippen molar-refractivity contribution in [2.24, 2.45) is 5.92 Å². The molecule has 1 saturated heterocycles. The molecule has 0 saturated carbocycles. The molecule has 0 bridgehead atoms. The lowest BCUT2D eigenvalue weighted by Crippen LogP contribution is -2.41. The van der Waals surface area contributed by atoms with E-state index >= 15 is 0 Å². The van der Waals surface area contributed by atoms with Gasteiger partial charge in [0, 0.05) is 18.9 Å². The van der Waals surface area contributed by atoms with Crippen molar-refractivity contribution in [1.82, 2.24) is 9.88 Å². The smallest absolute Gasteiger partial charge is 0.307 e. The molecule has 1 N–H and O–H groups in total. The van der Waals surface area contributed by atoms with Crippen LogP contribution in [-0.2, 0) is 4.79 Å². The van der Waals surface area contributed by atoms with Crippen molar-refractivity contribution in [3.05, 3.63) is 53.3 Å². The Hall–Kier alpha value is -2.60. The highest BCUT2D eigenvalue weighted by Gasteiger charge is 2.32. The number of carboxylic acids is 1. The first-order valence-corrected chi connectivity index (χ1v) is 9.14. The number of carbonyl (C=O) groups is 1. The molecular weight excluding hydrogens is 344 g/mol. The van der Waals surface area contributed by atoms with E-state index < -0.39 is 5.97 Å². The summed E-state index contributed by atoms with van der Waals surface area (Å²) in [5, 5.41) is 9.51. The monoisotopic (exact) mass is 370 g/mol. The van der Waals surface area contributed by atoms with Crippen LogP contribution >= 0.6 is 0 Å². The Balaban J connectivity index is 2.06. The molecule has 2 atom stereocenters. The number of piperidine rings is 1. The van der Waals surface area contributed by atoms with E-state index in [2.05, 4.69) is 9.88 Å². The fourth-order valence-corrected chi connectivity index (χ4v) is 3.84. The third-order valence-corrected chi connectivity index (χ3v) is 5.25. The fraction of sp³-hybridized carbons (Fsp3) is 0.429. The highest BCUT2D eigenvalue weighted by Crippen LogP contribution is 2.37. The summed E-state index contributed by atoms with van der Waals surface area (Å²) >= 11 is 0. The normalized spacial score (nSPS) is 18.7. The molecule has 1 aromatic carbocycles. The van der Waals surface area contributed by atoms with Gasteiger partial charge in [0.15, 0.2) is 11.5 Å². The van der Waals surface area contributed by atoms with Gasteiger partial charge < -0.3 is 14.6 Å². The maximum atomic E-state index is 11.6. The van der Waals surface area contributed by atoms with Crippen LogP contribution in [0.1, 0.15) is 35.6 Å². The SMILES string of the molecule is COc1ccc(C(c2ccncc2C)N2CCCC(C(=O)O)C2)cc1OC. The van der Waals surface area contributed by atoms with Crippen LogP contribution in [0, 0.1) is 12.8 Å². The van der Waals surface area contributed by atoms with E-state index in [1.165, 1.54) is 0 Å². The lowest BCUT2D eigenvalue weighted by Gasteiger charge is -2.38. The molecule has 27 heavy (non-hydrogen) atoms. The molecule has 2 heterocycles. The predicted molar refractivity (Wildman–Crippen MR) is 102 cm³/mol. The van der Waals surface area contributed by atoms with Crippen LogP contribution in [0.25, 0.3) is 0 Å². The number of pyridine rings is 1. The first kappa shape index (κ1) is 19.2. The van der Waals surface area contributed by atoms with E-state index in [9.17, 15) is 9.90 Å². The van der Waals surface area contributed by atoms with Gasteiger partial charge in [-0.3, -0.25) is 14.7 Å². The standard InChI is InChI=1S/C21H26N2O4/c1-14-12-22-9-8-17(14)20(23-10-4-5-16(13-23)21(24)25)15-6-7-18(26-2)19(11-15)27-3/h6-9,11-12,16,20H,4-5,10,13H2,1-3H3,(H,24,25). The summed E-state index contributed by atoms with van der Waals surface area (Å²) in [5.74, 6) is 0.271. The largest absolute Gasteiger partial charge is 0.493 e. The first-order chi connectivity index (χ1) is 13.0. The Labute approximate surface area is 159 Å². The molecule has 6 nitrogen and oxygen atoms in total. The van der Waals surface area contributed by atoms with E-state index in [-0.39, 0.29) is 12.0 Å². The Morgan fingerprint density at radius 1 is 1.26 bits per heavy atom. The number of hydrogen-bond acceptors (Lipinski definition) is 5. The number of aliphatic carboxylic acids is 1. The molecular formula is C21H26N2O4. The van der Waals surface area contributed by atoms with Crippen molar-refractivity contribution in [1.29, 1.82) is 0 Å². The van der Waals surface area contributed by atoms with Gasteiger partial charge in [0.25, 0.3) is 0 Å². The van der Waals surface area contributed by atoms with E-state index in [0.717, 1.165) is 36.1 Å². The highest BCUT2D eigenvalue weighted by atomic mass is 16.5. The second kappa shape index (κ2) is 8.39. The summed E-state index contributed by atoms with van der Waals surface area (Å²) in [6.07, 6.45) is 5.22. The van der Waals surface area contributed by atoms with Crippen LogP contribution in [0.15, 0.2) is 36.7 Å². The maximum absolute atomic E-state index is 11.6. The molecule has 2 aromatic rings. The Bertz CT molecular complexity index is 809. The Morgan fingerprint density at radius 3 is 2.70 bits per heavy atom. The molecule has 6 heteroatoms. The molecule has 0 aliphatic carbocycles. The van der Waals surface area contributed by atoms with Gasteiger partial charge in [-0.15, -0.1) is 0 Å². The lowest BCUT2D eigenvalue weighted by molar-refractivity contribution is -0.143. The van der Waals surface area contributed by atoms with Crippen molar-refractivity contribution < 1.29 is 19.4 Å². The molecule has 2 unspecified atom stereocenters. The quantitative estimate of drug-likeness (QED) is 0.841. The number of hydrogen-bond donors (Lipinski definition) is 1. The summed E-state index contributed by atoms with van der Waals surface area (Å²) in [5.41, 5.74) is 3.26. The molecule has 144 valence electrons. The molecule has 1 aliphatic rings. The second-order valence-corrected chi connectivity index (χ2v) is 6.92. The van der Waals surface area contributed by atoms with Gasteiger partial charge in [-0.2, -0.15) is 0 Å². The summed E-state index contributed by atoms with van der Waals surface area (Å²) in [7, 11) is 3.24. The van der Waals surface area contributed by atoms with Crippen molar-refractivity contribution in [2.75, 3.05) is 27.3 Å². The number of methoxy groups -OCH3 is 2. The van der Waals surface area contributed by atoms with Crippen molar-refractivity contribution >= 4 is 5.97 Å². The molecule has 1 aliphatic heterocycles. The average molecular weight is 370 g/mol. The zero-order chi connectivity index (χ0) is 19.4. The van der Waals surface area contributed by atoms with Gasteiger partial charge in [-0.25, -0.2) is 0 Å².